The minimum atomic E-state index is -0.591. The molecule has 1 N–H and O–H groups in total. The predicted molar refractivity (Wildman–Crippen MR) is 122 cm³/mol. The van der Waals surface area contributed by atoms with Gasteiger partial charge in [-0.05, 0) is 119 Å². The molecule has 1 amide bonds. The lowest BCUT2D eigenvalue weighted by Gasteiger charge is -2.57. The Hall–Kier alpha value is -0.610. The number of rotatable bonds is 4. The van der Waals surface area contributed by atoms with Crippen LogP contribution in [0.4, 0.5) is 0 Å². The number of fused-ring (bicyclic) bond motifs is 5. The molecule has 176 valence electrons. The molecule has 1 saturated heterocycles. The maximum absolute atomic E-state index is 13.5. The van der Waals surface area contributed by atoms with Crippen LogP contribution in [0.5, 0.6) is 0 Å². The SMILES string of the molecule is CCOC[C@@]1(O)CC[C@H]2[C@H](CC[C@@H]3[C@@H]2CC[C@]2(C)[C@@H](C(=O)N4CCCCC4)CC[C@@H]32)C1. The highest BCUT2D eigenvalue weighted by molar-refractivity contribution is 5.80. The predicted octanol–water partition coefficient (Wildman–Crippen LogP) is 5.04. The third-order valence-electron chi connectivity index (χ3n) is 10.6. The van der Waals surface area contributed by atoms with Gasteiger partial charge in [0.2, 0.25) is 5.91 Å². The Morgan fingerprint density at radius 1 is 0.968 bits per heavy atom. The number of amides is 1. The van der Waals surface area contributed by atoms with Crippen molar-refractivity contribution >= 4 is 5.91 Å². The summed E-state index contributed by atoms with van der Waals surface area (Å²) >= 11 is 0. The Bertz CT molecular complexity index is 661. The summed E-state index contributed by atoms with van der Waals surface area (Å²) in [6.45, 7) is 7.71. The first-order valence-corrected chi connectivity index (χ1v) is 13.5. The number of hydrogen-bond acceptors (Lipinski definition) is 3. The van der Waals surface area contributed by atoms with Crippen LogP contribution in [0.1, 0.15) is 90.9 Å². The molecule has 0 aromatic carbocycles. The van der Waals surface area contributed by atoms with Gasteiger partial charge in [-0.25, -0.2) is 0 Å². The van der Waals surface area contributed by atoms with Crippen LogP contribution in [-0.4, -0.2) is 47.8 Å². The number of likely N-dealkylation sites (tertiary alicyclic amines) is 1. The first-order chi connectivity index (χ1) is 15.0. The summed E-state index contributed by atoms with van der Waals surface area (Å²) in [7, 11) is 0. The molecule has 0 unspecified atom stereocenters. The van der Waals surface area contributed by atoms with Gasteiger partial charge in [0.25, 0.3) is 0 Å². The largest absolute Gasteiger partial charge is 0.387 e. The van der Waals surface area contributed by atoms with E-state index in [1.165, 1.54) is 57.8 Å². The fraction of sp³-hybridized carbons (Fsp3) is 0.963. The van der Waals surface area contributed by atoms with Crippen molar-refractivity contribution in [1.29, 1.82) is 0 Å². The Labute approximate surface area is 189 Å². The van der Waals surface area contributed by atoms with E-state index in [-0.39, 0.29) is 11.3 Å². The fourth-order valence-corrected chi connectivity index (χ4v) is 9.13. The summed E-state index contributed by atoms with van der Waals surface area (Å²) in [4.78, 5) is 15.7. The molecule has 5 aliphatic rings. The molecule has 0 bridgehead atoms. The molecule has 4 saturated carbocycles. The summed E-state index contributed by atoms with van der Waals surface area (Å²) in [5, 5.41) is 11.1. The van der Waals surface area contributed by atoms with Gasteiger partial charge < -0.3 is 14.7 Å². The van der Waals surface area contributed by atoms with Gasteiger partial charge in [0, 0.05) is 25.6 Å². The standard InChI is InChI=1S/C27H45NO3/c1-3-31-18-27(30)14-12-20-19(17-27)7-8-22-21(20)11-13-26(2)23(22)9-10-24(26)25(29)28-15-5-4-6-16-28/h19-24,30H,3-18H2,1-2H3/t19-,20+,21-,22-,23+,24-,26+,27-/m1/s1. The Kier molecular flexibility index (Phi) is 6.18. The number of piperidine rings is 1. The molecule has 4 aliphatic carbocycles. The molecule has 0 aromatic rings. The van der Waals surface area contributed by atoms with E-state index in [0.717, 1.165) is 56.0 Å². The maximum atomic E-state index is 13.5. The lowest BCUT2D eigenvalue weighted by molar-refractivity contribution is -0.147. The normalized spacial score (nSPS) is 47.4. The lowest BCUT2D eigenvalue weighted by Crippen LogP contribution is -2.53. The zero-order valence-corrected chi connectivity index (χ0v) is 20.0. The van der Waals surface area contributed by atoms with Crippen molar-refractivity contribution in [1.82, 2.24) is 4.90 Å². The van der Waals surface area contributed by atoms with Crippen molar-refractivity contribution in [3.8, 4) is 0 Å². The van der Waals surface area contributed by atoms with Gasteiger partial charge in [-0.2, -0.15) is 0 Å². The van der Waals surface area contributed by atoms with Gasteiger partial charge in [0.1, 0.15) is 0 Å². The quantitative estimate of drug-likeness (QED) is 0.679. The van der Waals surface area contributed by atoms with Crippen molar-refractivity contribution in [2.24, 2.45) is 40.9 Å². The molecule has 0 spiro atoms. The molecular formula is C27H45NO3. The maximum Gasteiger partial charge on any atom is 0.226 e. The Morgan fingerprint density at radius 3 is 2.52 bits per heavy atom. The Balaban J connectivity index is 1.27. The fourth-order valence-electron chi connectivity index (χ4n) is 9.13. The van der Waals surface area contributed by atoms with Gasteiger partial charge in [-0.3, -0.25) is 4.79 Å². The molecule has 31 heavy (non-hydrogen) atoms. The average molecular weight is 432 g/mol. The highest BCUT2D eigenvalue weighted by Crippen LogP contribution is 2.64. The van der Waals surface area contributed by atoms with Gasteiger partial charge >= 0.3 is 0 Å². The number of nitrogens with zero attached hydrogens (tertiary/aromatic N) is 1. The van der Waals surface area contributed by atoms with Crippen molar-refractivity contribution < 1.29 is 14.6 Å². The third-order valence-corrected chi connectivity index (χ3v) is 10.6. The lowest BCUT2D eigenvalue weighted by atomic mass is 9.49. The second-order valence-electron chi connectivity index (χ2n) is 12.1. The van der Waals surface area contributed by atoms with Crippen LogP contribution >= 0.6 is 0 Å². The highest BCUT2D eigenvalue weighted by atomic mass is 16.5. The monoisotopic (exact) mass is 431 g/mol. The van der Waals surface area contributed by atoms with Crippen molar-refractivity contribution in [2.75, 3.05) is 26.3 Å². The molecular weight excluding hydrogens is 386 g/mol. The topological polar surface area (TPSA) is 49.8 Å². The van der Waals surface area contributed by atoms with Crippen LogP contribution in [0.2, 0.25) is 0 Å². The van der Waals surface area contributed by atoms with E-state index < -0.39 is 5.60 Å². The van der Waals surface area contributed by atoms with Gasteiger partial charge in [-0.1, -0.05) is 6.92 Å². The molecule has 8 atom stereocenters. The zero-order valence-electron chi connectivity index (χ0n) is 20.0. The zero-order chi connectivity index (χ0) is 21.6. The molecule has 1 heterocycles. The van der Waals surface area contributed by atoms with Crippen molar-refractivity contribution in [3.05, 3.63) is 0 Å². The van der Waals surface area contributed by atoms with E-state index in [1.54, 1.807) is 0 Å². The van der Waals surface area contributed by atoms with Crippen LogP contribution in [-0.2, 0) is 9.53 Å². The average Bonchev–Trinajstić information content (AvgIpc) is 3.14. The van der Waals surface area contributed by atoms with Crippen LogP contribution in [0, 0.1) is 40.9 Å². The number of carbonyl (C=O) groups is 1. The summed E-state index contributed by atoms with van der Waals surface area (Å²) < 4.78 is 5.63. The minimum Gasteiger partial charge on any atom is -0.387 e. The number of carbonyl (C=O) groups excluding carboxylic acids is 1. The molecule has 1 aliphatic heterocycles. The summed E-state index contributed by atoms with van der Waals surface area (Å²) in [6, 6.07) is 0. The summed E-state index contributed by atoms with van der Waals surface area (Å²) in [5.74, 6) is 4.64. The first kappa shape index (κ1) is 22.2. The summed E-state index contributed by atoms with van der Waals surface area (Å²) in [6.07, 6.45) is 14.3. The van der Waals surface area contributed by atoms with E-state index in [1.807, 2.05) is 6.92 Å². The van der Waals surface area contributed by atoms with Gasteiger partial charge in [0.05, 0.1) is 12.2 Å². The van der Waals surface area contributed by atoms with Crippen LogP contribution in [0.15, 0.2) is 0 Å². The second-order valence-corrected chi connectivity index (χ2v) is 12.1. The molecule has 4 heteroatoms. The second kappa shape index (κ2) is 8.63. The van der Waals surface area contributed by atoms with E-state index in [0.29, 0.717) is 25.0 Å². The van der Waals surface area contributed by atoms with E-state index in [9.17, 15) is 9.90 Å². The Morgan fingerprint density at radius 2 is 1.74 bits per heavy atom. The number of ether oxygens (including phenoxy) is 1. The van der Waals surface area contributed by atoms with Crippen molar-refractivity contribution in [2.45, 2.75) is 96.5 Å². The van der Waals surface area contributed by atoms with Crippen LogP contribution in [0.25, 0.3) is 0 Å². The first-order valence-electron chi connectivity index (χ1n) is 13.5. The van der Waals surface area contributed by atoms with E-state index in [4.69, 9.17) is 4.74 Å². The van der Waals surface area contributed by atoms with E-state index in [2.05, 4.69) is 11.8 Å². The van der Waals surface area contributed by atoms with Crippen molar-refractivity contribution in [3.63, 3.8) is 0 Å². The van der Waals surface area contributed by atoms with Gasteiger partial charge in [0.15, 0.2) is 0 Å². The van der Waals surface area contributed by atoms with Gasteiger partial charge in [-0.15, -0.1) is 0 Å². The molecule has 0 radical (unpaired) electrons. The number of hydrogen-bond donors (Lipinski definition) is 1. The molecule has 0 aromatic heterocycles. The number of aliphatic hydroxyl groups is 1. The molecule has 5 fully saturated rings. The summed E-state index contributed by atoms with van der Waals surface area (Å²) in [5.41, 5.74) is -0.362. The van der Waals surface area contributed by atoms with Crippen LogP contribution < -0.4 is 0 Å². The van der Waals surface area contributed by atoms with Crippen LogP contribution in [0.3, 0.4) is 0 Å². The minimum absolute atomic E-state index is 0.229. The molecule has 4 nitrogen and oxygen atoms in total. The molecule has 5 rings (SSSR count). The third kappa shape index (κ3) is 3.88. The smallest absolute Gasteiger partial charge is 0.226 e. The van der Waals surface area contributed by atoms with E-state index >= 15 is 0 Å². The highest BCUT2D eigenvalue weighted by Gasteiger charge is 2.59.